The van der Waals surface area contributed by atoms with Crippen molar-refractivity contribution in [1.82, 2.24) is 5.32 Å². The first kappa shape index (κ1) is 14.8. The normalized spacial score (nSPS) is 10.4. The number of benzene rings is 1. The highest BCUT2D eigenvalue weighted by Gasteiger charge is 2.08. The van der Waals surface area contributed by atoms with Crippen LogP contribution in [0.3, 0.4) is 0 Å². The molecule has 1 amide bonds. The molecule has 5 heteroatoms. The maximum absolute atomic E-state index is 11.3. The maximum Gasteiger partial charge on any atom is 0.339 e. The molecule has 0 aliphatic rings. The zero-order chi connectivity index (χ0) is 14.3. The minimum absolute atomic E-state index is 0.0416. The summed E-state index contributed by atoms with van der Waals surface area (Å²) in [5.41, 5.74) is 7.42. The lowest BCUT2D eigenvalue weighted by molar-refractivity contribution is -0.118. The van der Waals surface area contributed by atoms with E-state index in [9.17, 15) is 9.59 Å². The molecule has 0 bridgehead atoms. The molecule has 19 heavy (non-hydrogen) atoms. The van der Waals surface area contributed by atoms with Crippen LogP contribution in [0, 0.1) is 0 Å². The number of anilines is 1. The van der Waals surface area contributed by atoms with Gasteiger partial charge in [-0.1, -0.05) is 18.2 Å². The summed E-state index contributed by atoms with van der Waals surface area (Å²) in [6.45, 7) is 2.08. The van der Waals surface area contributed by atoms with E-state index in [2.05, 4.69) is 10.1 Å². The van der Waals surface area contributed by atoms with Crippen LogP contribution in [0.4, 0.5) is 5.69 Å². The number of rotatable bonds is 5. The number of amides is 1. The van der Waals surface area contributed by atoms with Gasteiger partial charge in [-0.15, -0.1) is 0 Å². The molecule has 0 radical (unpaired) electrons. The third-order valence-electron chi connectivity index (χ3n) is 2.48. The van der Waals surface area contributed by atoms with Gasteiger partial charge in [-0.05, 0) is 24.1 Å². The fraction of sp³-hybridized carbons (Fsp3) is 0.286. The van der Waals surface area contributed by atoms with Crippen LogP contribution >= 0.6 is 0 Å². The molecular formula is C14H18N2O3. The number of carbonyl (C=O) groups is 2. The number of carbonyl (C=O) groups excluding carboxylic acids is 2. The Morgan fingerprint density at radius 1 is 1.42 bits per heavy atom. The van der Waals surface area contributed by atoms with E-state index in [1.54, 1.807) is 18.2 Å². The van der Waals surface area contributed by atoms with E-state index in [1.807, 2.05) is 12.2 Å². The number of hydrogen-bond donors (Lipinski definition) is 2. The van der Waals surface area contributed by atoms with Crippen molar-refractivity contribution in [2.75, 3.05) is 19.4 Å². The summed E-state index contributed by atoms with van der Waals surface area (Å²) in [7, 11) is 1.32. The molecule has 3 N–H and O–H groups in total. The quantitative estimate of drug-likeness (QED) is 0.479. The summed E-state index contributed by atoms with van der Waals surface area (Å²) in [5, 5.41) is 2.70. The number of esters is 1. The highest BCUT2D eigenvalue weighted by atomic mass is 16.5. The first-order chi connectivity index (χ1) is 9.04. The molecule has 102 valence electrons. The van der Waals surface area contributed by atoms with E-state index < -0.39 is 5.97 Å². The highest BCUT2D eigenvalue weighted by Crippen LogP contribution is 2.16. The third-order valence-corrected chi connectivity index (χ3v) is 2.48. The summed E-state index contributed by atoms with van der Waals surface area (Å²) < 4.78 is 4.62. The molecule has 0 aromatic heterocycles. The van der Waals surface area contributed by atoms with Crippen LogP contribution in [-0.4, -0.2) is 25.5 Å². The molecule has 0 saturated heterocycles. The van der Waals surface area contributed by atoms with Gasteiger partial charge in [-0.3, -0.25) is 4.79 Å². The smallest absolute Gasteiger partial charge is 0.339 e. The molecule has 0 fully saturated rings. The Kier molecular flexibility index (Phi) is 5.60. The number of methoxy groups -OCH3 is 1. The van der Waals surface area contributed by atoms with Crippen LogP contribution in [0.25, 0.3) is 6.08 Å². The van der Waals surface area contributed by atoms with Gasteiger partial charge in [0.1, 0.15) is 0 Å². The van der Waals surface area contributed by atoms with Crippen LogP contribution < -0.4 is 11.1 Å². The number of hydrogen-bond acceptors (Lipinski definition) is 4. The second-order valence-corrected chi connectivity index (χ2v) is 4.01. The average molecular weight is 262 g/mol. The number of nitrogen functional groups attached to an aromatic ring is 1. The molecular weight excluding hydrogens is 244 g/mol. The van der Waals surface area contributed by atoms with Gasteiger partial charge in [0.05, 0.1) is 12.7 Å². The molecule has 0 saturated carbocycles. The summed E-state index contributed by atoms with van der Waals surface area (Å²) in [4.78, 5) is 22.0. The molecule has 0 aliphatic carbocycles. The van der Waals surface area contributed by atoms with Crippen LogP contribution in [0.2, 0.25) is 0 Å². The summed E-state index contributed by atoms with van der Waals surface area (Å²) in [6, 6.07) is 5.13. The zero-order valence-electron chi connectivity index (χ0n) is 11.1. The van der Waals surface area contributed by atoms with Crippen LogP contribution in [0.1, 0.15) is 29.3 Å². The summed E-state index contributed by atoms with van der Waals surface area (Å²) in [5.74, 6) is -0.487. The van der Waals surface area contributed by atoms with E-state index in [0.717, 1.165) is 12.0 Å². The Morgan fingerprint density at radius 2 is 2.16 bits per heavy atom. The Labute approximate surface area is 112 Å². The van der Waals surface area contributed by atoms with E-state index in [4.69, 9.17) is 5.73 Å². The Balaban J connectivity index is 2.61. The maximum atomic E-state index is 11.3. The number of ether oxygens (including phenoxy) is 1. The molecule has 1 aromatic carbocycles. The van der Waals surface area contributed by atoms with Gasteiger partial charge >= 0.3 is 5.97 Å². The summed E-state index contributed by atoms with van der Waals surface area (Å²) in [6.07, 6.45) is 4.56. The van der Waals surface area contributed by atoms with Gasteiger partial charge in [0.15, 0.2) is 0 Å². The standard InChI is InChI=1S/C14H18N2O3/c1-10(17)16-8-4-3-5-11-6-7-12(13(15)9-11)14(18)19-2/h3,5-7,9H,4,8,15H2,1-2H3,(H,16,17). The van der Waals surface area contributed by atoms with E-state index in [1.165, 1.54) is 14.0 Å². The minimum atomic E-state index is -0.446. The fourth-order valence-electron chi connectivity index (χ4n) is 1.53. The van der Waals surface area contributed by atoms with Gasteiger partial charge in [0.25, 0.3) is 0 Å². The Morgan fingerprint density at radius 3 is 2.74 bits per heavy atom. The van der Waals surface area contributed by atoms with Crippen molar-refractivity contribution >= 4 is 23.6 Å². The second kappa shape index (κ2) is 7.20. The molecule has 0 unspecified atom stereocenters. The fourth-order valence-corrected chi connectivity index (χ4v) is 1.53. The Bertz CT molecular complexity index is 495. The van der Waals surface area contributed by atoms with Crippen molar-refractivity contribution in [3.8, 4) is 0 Å². The number of nitrogens with two attached hydrogens (primary N) is 1. The van der Waals surface area contributed by atoms with Crippen molar-refractivity contribution in [2.24, 2.45) is 0 Å². The molecule has 0 heterocycles. The van der Waals surface area contributed by atoms with Crippen LogP contribution in [0.5, 0.6) is 0 Å². The van der Waals surface area contributed by atoms with Gasteiger partial charge in [-0.25, -0.2) is 4.79 Å². The summed E-state index contributed by atoms with van der Waals surface area (Å²) >= 11 is 0. The van der Waals surface area contributed by atoms with E-state index in [-0.39, 0.29) is 5.91 Å². The molecule has 0 spiro atoms. The predicted octanol–water partition coefficient (Wildman–Crippen LogP) is 1.59. The van der Waals surface area contributed by atoms with Gasteiger partial charge in [0.2, 0.25) is 5.91 Å². The predicted molar refractivity (Wildman–Crippen MR) is 74.5 cm³/mol. The number of nitrogens with one attached hydrogen (secondary N) is 1. The molecule has 0 atom stereocenters. The molecule has 1 aromatic rings. The lowest BCUT2D eigenvalue weighted by atomic mass is 10.1. The Hall–Kier alpha value is -2.30. The van der Waals surface area contributed by atoms with Crippen molar-refractivity contribution in [2.45, 2.75) is 13.3 Å². The van der Waals surface area contributed by atoms with Gasteiger partial charge < -0.3 is 15.8 Å². The van der Waals surface area contributed by atoms with Crippen molar-refractivity contribution in [3.63, 3.8) is 0 Å². The van der Waals surface area contributed by atoms with Crippen molar-refractivity contribution < 1.29 is 14.3 Å². The lowest BCUT2D eigenvalue weighted by Gasteiger charge is -2.04. The molecule has 1 rings (SSSR count). The average Bonchev–Trinajstić information content (AvgIpc) is 2.37. The molecule has 0 aliphatic heterocycles. The first-order valence-corrected chi connectivity index (χ1v) is 5.93. The van der Waals surface area contributed by atoms with Gasteiger partial charge in [-0.2, -0.15) is 0 Å². The minimum Gasteiger partial charge on any atom is -0.465 e. The topological polar surface area (TPSA) is 81.4 Å². The van der Waals surface area contributed by atoms with Gasteiger partial charge in [0, 0.05) is 19.2 Å². The van der Waals surface area contributed by atoms with E-state index in [0.29, 0.717) is 17.8 Å². The van der Waals surface area contributed by atoms with Crippen molar-refractivity contribution in [1.29, 1.82) is 0 Å². The zero-order valence-corrected chi connectivity index (χ0v) is 11.1. The van der Waals surface area contributed by atoms with Crippen molar-refractivity contribution in [3.05, 3.63) is 35.4 Å². The van der Waals surface area contributed by atoms with Crippen LogP contribution in [-0.2, 0) is 9.53 Å². The van der Waals surface area contributed by atoms with E-state index >= 15 is 0 Å². The third kappa shape index (κ3) is 4.83. The lowest BCUT2D eigenvalue weighted by Crippen LogP contribution is -2.20. The van der Waals surface area contributed by atoms with Crippen LogP contribution in [0.15, 0.2) is 24.3 Å². The largest absolute Gasteiger partial charge is 0.465 e. The second-order valence-electron chi connectivity index (χ2n) is 4.01. The monoisotopic (exact) mass is 262 g/mol. The highest BCUT2D eigenvalue weighted by molar-refractivity contribution is 5.95. The SMILES string of the molecule is COC(=O)c1ccc(C=CCCNC(C)=O)cc1N. The molecule has 5 nitrogen and oxygen atoms in total. The first-order valence-electron chi connectivity index (χ1n) is 5.93.